The maximum atomic E-state index is 11.4. The van der Waals surface area contributed by atoms with Gasteiger partial charge in [0.25, 0.3) is 0 Å². The third kappa shape index (κ3) is 4.65. The highest BCUT2D eigenvalue weighted by atomic mass is 16.5. The molecule has 5 heteroatoms. The number of hydrogen-bond donors (Lipinski definition) is 2. The second-order valence-corrected chi connectivity index (χ2v) is 3.71. The van der Waals surface area contributed by atoms with Crippen LogP contribution in [0.15, 0.2) is 24.3 Å². The number of carboxylic acid groups (broad SMARTS) is 1. The van der Waals surface area contributed by atoms with Gasteiger partial charge in [0.2, 0.25) is 5.91 Å². The van der Waals surface area contributed by atoms with E-state index < -0.39 is 12.1 Å². The highest BCUT2D eigenvalue weighted by molar-refractivity contribution is 5.91. The molecule has 0 heterocycles. The Bertz CT molecular complexity index is 417. The minimum absolute atomic E-state index is 0.276. The monoisotopic (exact) mass is 237 g/mol. The van der Waals surface area contributed by atoms with E-state index in [0.29, 0.717) is 5.69 Å². The first-order valence-corrected chi connectivity index (χ1v) is 5.20. The second-order valence-electron chi connectivity index (χ2n) is 3.71. The van der Waals surface area contributed by atoms with E-state index in [4.69, 9.17) is 9.84 Å². The van der Waals surface area contributed by atoms with Crippen LogP contribution in [0.1, 0.15) is 12.5 Å². The molecule has 1 amide bonds. The number of carboxylic acids is 1. The molecule has 0 spiro atoms. The molecular weight excluding hydrogens is 222 g/mol. The number of hydrogen-bond acceptors (Lipinski definition) is 3. The third-order valence-electron chi connectivity index (χ3n) is 2.11. The molecule has 0 aliphatic heterocycles. The van der Waals surface area contributed by atoms with Gasteiger partial charge in [0, 0.05) is 5.69 Å². The van der Waals surface area contributed by atoms with Crippen molar-refractivity contribution in [3.8, 4) is 0 Å². The summed E-state index contributed by atoms with van der Waals surface area (Å²) in [6.07, 6.45) is -0.988. The average Bonchev–Trinajstić information content (AvgIpc) is 2.25. The molecule has 0 radical (unpaired) electrons. The highest BCUT2D eigenvalue weighted by Gasteiger charge is 2.13. The fourth-order valence-electron chi connectivity index (χ4n) is 1.19. The minimum Gasteiger partial charge on any atom is -0.479 e. The number of ether oxygens (including phenoxy) is 1. The van der Waals surface area contributed by atoms with Crippen LogP contribution in [0.5, 0.6) is 0 Å². The number of carbonyl (C=O) groups is 2. The molecule has 0 bridgehead atoms. The zero-order valence-electron chi connectivity index (χ0n) is 9.77. The van der Waals surface area contributed by atoms with Crippen molar-refractivity contribution in [1.29, 1.82) is 0 Å². The second kappa shape index (κ2) is 6.00. The molecule has 92 valence electrons. The molecule has 0 aromatic heterocycles. The molecule has 1 atom stereocenters. The van der Waals surface area contributed by atoms with E-state index in [1.807, 2.05) is 25.1 Å². The summed E-state index contributed by atoms with van der Waals surface area (Å²) in [6, 6.07) is 7.31. The Hall–Kier alpha value is -1.88. The van der Waals surface area contributed by atoms with Crippen molar-refractivity contribution in [3.63, 3.8) is 0 Å². The lowest BCUT2D eigenvalue weighted by molar-refractivity contribution is -0.150. The van der Waals surface area contributed by atoms with Gasteiger partial charge in [-0.1, -0.05) is 12.1 Å². The van der Waals surface area contributed by atoms with Crippen molar-refractivity contribution < 1.29 is 19.4 Å². The highest BCUT2D eigenvalue weighted by Crippen LogP contribution is 2.09. The van der Waals surface area contributed by atoms with Crippen molar-refractivity contribution in [3.05, 3.63) is 29.8 Å². The number of benzene rings is 1. The fourth-order valence-corrected chi connectivity index (χ4v) is 1.19. The first-order chi connectivity index (χ1) is 7.99. The van der Waals surface area contributed by atoms with Gasteiger partial charge < -0.3 is 15.2 Å². The zero-order valence-corrected chi connectivity index (χ0v) is 9.77. The van der Waals surface area contributed by atoms with Crippen LogP contribution < -0.4 is 5.32 Å². The zero-order chi connectivity index (χ0) is 12.8. The Balaban J connectivity index is 2.42. The first kappa shape index (κ1) is 13.2. The number of carbonyl (C=O) groups excluding carboxylic acids is 1. The Morgan fingerprint density at radius 1 is 1.47 bits per heavy atom. The lowest BCUT2D eigenvalue weighted by atomic mass is 10.2. The smallest absolute Gasteiger partial charge is 0.332 e. The van der Waals surface area contributed by atoms with E-state index in [2.05, 4.69) is 5.32 Å². The Morgan fingerprint density at radius 3 is 2.76 bits per heavy atom. The minimum atomic E-state index is -1.09. The average molecular weight is 237 g/mol. The SMILES string of the molecule is Cc1cccc(NC(=O)CO[C@H](C)C(=O)O)c1. The first-order valence-electron chi connectivity index (χ1n) is 5.20. The van der Waals surface area contributed by atoms with Crippen molar-refractivity contribution in [2.24, 2.45) is 0 Å². The van der Waals surface area contributed by atoms with Gasteiger partial charge in [-0.25, -0.2) is 4.79 Å². The van der Waals surface area contributed by atoms with E-state index in [9.17, 15) is 9.59 Å². The van der Waals surface area contributed by atoms with E-state index in [0.717, 1.165) is 5.56 Å². The van der Waals surface area contributed by atoms with Gasteiger partial charge in [0.15, 0.2) is 6.10 Å². The number of amides is 1. The van der Waals surface area contributed by atoms with Crippen LogP contribution in [0.3, 0.4) is 0 Å². The molecule has 5 nitrogen and oxygen atoms in total. The van der Waals surface area contributed by atoms with Crippen LogP contribution in [0.2, 0.25) is 0 Å². The lowest BCUT2D eigenvalue weighted by Gasteiger charge is -2.09. The summed E-state index contributed by atoms with van der Waals surface area (Å²) in [5.41, 5.74) is 1.70. The number of anilines is 1. The summed E-state index contributed by atoms with van der Waals surface area (Å²) in [6.45, 7) is 3.02. The van der Waals surface area contributed by atoms with Gasteiger partial charge in [-0.2, -0.15) is 0 Å². The van der Waals surface area contributed by atoms with Crippen LogP contribution in [0.4, 0.5) is 5.69 Å². The van der Waals surface area contributed by atoms with Crippen molar-refractivity contribution in [2.75, 3.05) is 11.9 Å². The molecule has 0 saturated carbocycles. The summed E-state index contributed by atoms with van der Waals surface area (Å²) in [5.74, 6) is -1.46. The summed E-state index contributed by atoms with van der Waals surface area (Å²) in [7, 11) is 0. The predicted molar refractivity (Wildman–Crippen MR) is 62.9 cm³/mol. The molecular formula is C12H15NO4. The predicted octanol–water partition coefficient (Wildman–Crippen LogP) is 1.42. The van der Waals surface area contributed by atoms with Crippen LogP contribution in [-0.2, 0) is 14.3 Å². The molecule has 0 aliphatic carbocycles. The third-order valence-corrected chi connectivity index (χ3v) is 2.11. The molecule has 2 N–H and O–H groups in total. The quantitative estimate of drug-likeness (QED) is 0.812. The molecule has 0 fully saturated rings. The summed E-state index contributed by atoms with van der Waals surface area (Å²) < 4.78 is 4.86. The maximum absolute atomic E-state index is 11.4. The van der Waals surface area contributed by atoms with Gasteiger partial charge >= 0.3 is 5.97 Å². The topological polar surface area (TPSA) is 75.6 Å². The van der Waals surface area contributed by atoms with Gasteiger partial charge in [0.05, 0.1) is 0 Å². The number of rotatable bonds is 5. The molecule has 1 aromatic rings. The molecule has 0 unspecified atom stereocenters. The van der Waals surface area contributed by atoms with Gasteiger partial charge in [-0.15, -0.1) is 0 Å². The molecule has 1 rings (SSSR count). The normalized spacial score (nSPS) is 11.9. The van der Waals surface area contributed by atoms with Crippen LogP contribution in [0.25, 0.3) is 0 Å². The van der Waals surface area contributed by atoms with Crippen LogP contribution in [0, 0.1) is 6.92 Å². The molecule has 1 aromatic carbocycles. The van der Waals surface area contributed by atoms with E-state index in [1.165, 1.54) is 6.92 Å². The summed E-state index contributed by atoms with van der Waals surface area (Å²) in [5, 5.41) is 11.2. The Morgan fingerprint density at radius 2 is 2.18 bits per heavy atom. The number of aryl methyl sites for hydroxylation is 1. The largest absolute Gasteiger partial charge is 0.479 e. The number of aliphatic carboxylic acids is 1. The molecule has 0 saturated heterocycles. The Labute approximate surface area is 99.4 Å². The standard InChI is InChI=1S/C12H15NO4/c1-8-4-3-5-10(6-8)13-11(14)7-17-9(2)12(15)16/h3-6,9H,7H2,1-2H3,(H,13,14)(H,15,16)/t9-/m1/s1. The maximum Gasteiger partial charge on any atom is 0.332 e. The summed E-state index contributed by atoms with van der Waals surface area (Å²) in [4.78, 5) is 21.9. The van der Waals surface area contributed by atoms with E-state index >= 15 is 0 Å². The van der Waals surface area contributed by atoms with Gasteiger partial charge in [-0.3, -0.25) is 4.79 Å². The van der Waals surface area contributed by atoms with E-state index in [-0.39, 0.29) is 12.5 Å². The molecule has 17 heavy (non-hydrogen) atoms. The lowest BCUT2D eigenvalue weighted by Crippen LogP contribution is -2.26. The van der Waals surface area contributed by atoms with Crippen LogP contribution >= 0.6 is 0 Å². The molecule has 0 aliphatic rings. The van der Waals surface area contributed by atoms with Gasteiger partial charge in [0.1, 0.15) is 6.61 Å². The summed E-state index contributed by atoms with van der Waals surface area (Å²) >= 11 is 0. The van der Waals surface area contributed by atoms with Crippen molar-refractivity contribution in [2.45, 2.75) is 20.0 Å². The fraction of sp³-hybridized carbons (Fsp3) is 0.333. The van der Waals surface area contributed by atoms with Crippen molar-refractivity contribution >= 4 is 17.6 Å². The van der Waals surface area contributed by atoms with E-state index in [1.54, 1.807) is 6.07 Å². The number of nitrogens with one attached hydrogen (secondary N) is 1. The Kier molecular flexibility index (Phi) is 4.66. The van der Waals surface area contributed by atoms with Crippen LogP contribution in [-0.4, -0.2) is 29.7 Å². The van der Waals surface area contributed by atoms with Gasteiger partial charge in [-0.05, 0) is 31.5 Å². The van der Waals surface area contributed by atoms with Crippen molar-refractivity contribution in [1.82, 2.24) is 0 Å².